The van der Waals surface area contributed by atoms with Crippen LogP contribution in [0, 0.1) is 11.7 Å². The molecule has 4 nitrogen and oxygen atoms in total. The number of likely N-dealkylation sites (tertiary alicyclic amines) is 1. The van der Waals surface area contributed by atoms with E-state index in [0.29, 0.717) is 31.5 Å². The molecule has 0 bridgehead atoms. The van der Waals surface area contributed by atoms with E-state index >= 15 is 0 Å². The number of benzene rings is 2. The number of carbonyl (C=O) groups is 2. The molecular formula is C21H20F4N2O2. The van der Waals surface area contributed by atoms with Gasteiger partial charge in [-0.2, -0.15) is 13.2 Å². The van der Waals surface area contributed by atoms with Crippen LogP contribution in [0.5, 0.6) is 0 Å². The second-order valence-corrected chi connectivity index (χ2v) is 6.95. The fraction of sp³-hybridized carbons (Fsp3) is 0.333. The van der Waals surface area contributed by atoms with Crippen LogP contribution in [0.2, 0.25) is 0 Å². The van der Waals surface area contributed by atoms with Gasteiger partial charge in [-0.15, -0.1) is 0 Å². The molecule has 1 aliphatic rings. The van der Waals surface area contributed by atoms with Gasteiger partial charge in [0, 0.05) is 36.7 Å². The van der Waals surface area contributed by atoms with Crippen molar-refractivity contribution in [1.29, 1.82) is 0 Å². The molecule has 0 saturated carbocycles. The molecule has 0 radical (unpaired) electrons. The molecule has 1 N–H and O–H groups in total. The first-order chi connectivity index (χ1) is 13.8. The Labute approximate surface area is 165 Å². The minimum absolute atomic E-state index is 0.0935. The van der Waals surface area contributed by atoms with Crippen LogP contribution >= 0.6 is 0 Å². The van der Waals surface area contributed by atoms with Crippen molar-refractivity contribution < 1.29 is 27.2 Å². The van der Waals surface area contributed by atoms with Crippen molar-refractivity contribution in [1.82, 2.24) is 10.2 Å². The number of hydrogen-bond donors (Lipinski definition) is 1. The number of rotatable bonds is 4. The van der Waals surface area contributed by atoms with Gasteiger partial charge in [0.1, 0.15) is 5.82 Å². The number of nitrogens with zero attached hydrogens (tertiary/aromatic N) is 1. The van der Waals surface area contributed by atoms with E-state index in [-0.39, 0.29) is 35.7 Å². The van der Waals surface area contributed by atoms with Crippen LogP contribution in [-0.2, 0) is 17.5 Å². The second kappa shape index (κ2) is 8.63. The minimum atomic E-state index is -4.45. The number of nitrogens with one attached hydrogen (secondary N) is 1. The molecule has 1 saturated heterocycles. The van der Waals surface area contributed by atoms with E-state index in [1.807, 2.05) is 0 Å². The quantitative estimate of drug-likeness (QED) is 0.778. The van der Waals surface area contributed by atoms with Crippen LogP contribution in [-0.4, -0.2) is 29.8 Å². The van der Waals surface area contributed by atoms with Gasteiger partial charge in [0.2, 0.25) is 5.91 Å². The summed E-state index contributed by atoms with van der Waals surface area (Å²) in [5.74, 6) is -1.23. The van der Waals surface area contributed by atoms with E-state index in [1.165, 1.54) is 23.1 Å². The molecule has 3 rings (SSSR count). The van der Waals surface area contributed by atoms with Crippen molar-refractivity contribution in [3.8, 4) is 0 Å². The number of halogens is 4. The average molecular weight is 408 g/mol. The van der Waals surface area contributed by atoms with Gasteiger partial charge in [-0.1, -0.05) is 18.2 Å². The maximum Gasteiger partial charge on any atom is 0.416 e. The highest BCUT2D eigenvalue weighted by Crippen LogP contribution is 2.29. The Balaban J connectivity index is 1.51. The molecule has 1 heterocycles. The summed E-state index contributed by atoms with van der Waals surface area (Å²) in [7, 11) is 0. The molecule has 0 atom stereocenters. The zero-order chi connectivity index (χ0) is 21.0. The monoisotopic (exact) mass is 408 g/mol. The summed E-state index contributed by atoms with van der Waals surface area (Å²) in [4.78, 5) is 26.3. The highest BCUT2D eigenvalue weighted by Gasteiger charge is 2.31. The molecule has 8 heteroatoms. The third-order valence-corrected chi connectivity index (χ3v) is 5.02. The highest BCUT2D eigenvalue weighted by atomic mass is 19.4. The van der Waals surface area contributed by atoms with Crippen LogP contribution in [0.15, 0.2) is 48.5 Å². The largest absolute Gasteiger partial charge is 0.416 e. The molecule has 2 aromatic carbocycles. The Hall–Kier alpha value is -2.90. The lowest BCUT2D eigenvalue weighted by molar-refractivity contribution is -0.137. The third kappa shape index (κ3) is 5.13. The van der Waals surface area contributed by atoms with E-state index in [4.69, 9.17) is 0 Å². The molecule has 0 aliphatic carbocycles. The van der Waals surface area contributed by atoms with Gasteiger partial charge in [-0.25, -0.2) is 4.39 Å². The summed E-state index contributed by atoms with van der Waals surface area (Å²) in [6.07, 6.45) is -3.57. The van der Waals surface area contributed by atoms with Crippen molar-refractivity contribution in [3.05, 3.63) is 71.0 Å². The molecule has 0 spiro atoms. The van der Waals surface area contributed by atoms with Gasteiger partial charge < -0.3 is 10.2 Å². The summed E-state index contributed by atoms with van der Waals surface area (Å²) < 4.78 is 51.5. The molecular weight excluding hydrogens is 388 g/mol. The van der Waals surface area contributed by atoms with Crippen molar-refractivity contribution in [2.24, 2.45) is 5.92 Å². The summed E-state index contributed by atoms with van der Waals surface area (Å²) in [5, 5.41) is 2.72. The third-order valence-electron chi connectivity index (χ3n) is 5.02. The predicted octanol–water partition coefficient (Wildman–Crippen LogP) is 4.01. The molecule has 1 aliphatic heterocycles. The Kier molecular flexibility index (Phi) is 6.20. The van der Waals surface area contributed by atoms with Gasteiger partial charge in [0.25, 0.3) is 5.91 Å². The molecule has 154 valence electrons. The van der Waals surface area contributed by atoms with Crippen molar-refractivity contribution in [2.75, 3.05) is 13.1 Å². The molecule has 1 fully saturated rings. The first-order valence-electron chi connectivity index (χ1n) is 9.23. The van der Waals surface area contributed by atoms with Crippen molar-refractivity contribution in [3.63, 3.8) is 0 Å². The zero-order valence-electron chi connectivity index (χ0n) is 15.5. The summed E-state index contributed by atoms with van der Waals surface area (Å²) in [5.41, 5.74) is -0.226. The van der Waals surface area contributed by atoms with E-state index in [0.717, 1.165) is 12.1 Å². The summed E-state index contributed by atoms with van der Waals surface area (Å²) in [6.45, 7) is 0.755. The van der Waals surface area contributed by atoms with Crippen LogP contribution < -0.4 is 5.32 Å². The van der Waals surface area contributed by atoms with Gasteiger partial charge >= 0.3 is 6.18 Å². The van der Waals surface area contributed by atoms with Crippen LogP contribution in [0.4, 0.5) is 17.6 Å². The van der Waals surface area contributed by atoms with Gasteiger partial charge in [0.15, 0.2) is 0 Å². The fourth-order valence-electron chi connectivity index (χ4n) is 3.30. The Bertz CT molecular complexity index is 873. The maximum absolute atomic E-state index is 13.6. The van der Waals surface area contributed by atoms with Crippen LogP contribution in [0.3, 0.4) is 0 Å². The number of piperidine rings is 1. The van der Waals surface area contributed by atoms with E-state index in [2.05, 4.69) is 5.32 Å². The number of alkyl halides is 3. The molecule has 29 heavy (non-hydrogen) atoms. The lowest BCUT2D eigenvalue weighted by Crippen LogP contribution is -2.43. The summed E-state index contributed by atoms with van der Waals surface area (Å²) >= 11 is 0. The van der Waals surface area contributed by atoms with Crippen molar-refractivity contribution in [2.45, 2.75) is 25.6 Å². The second-order valence-electron chi connectivity index (χ2n) is 6.95. The lowest BCUT2D eigenvalue weighted by atomic mass is 9.95. The first-order valence-corrected chi connectivity index (χ1v) is 9.23. The van der Waals surface area contributed by atoms with Gasteiger partial charge in [-0.05, 0) is 43.2 Å². The Morgan fingerprint density at radius 3 is 2.21 bits per heavy atom. The van der Waals surface area contributed by atoms with E-state index in [1.54, 1.807) is 18.2 Å². The van der Waals surface area contributed by atoms with Gasteiger partial charge in [0.05, 0.1) is 5.56 Å². The SMILES string of the molecule is O=C(NCc1ccccc1F)C1CCN(C(=O)c2ccc(C(F)(F)F)cc2)CC1. The molecule has 0 unspecified atom stereocenters. The lowest BCUT2D eigenvalue weighted by Gasteiger charge is -2.31. The number of amides is 2. The topological polar surface area (TPSA) is 49.4 Å². The number of hydrogen-bond acceptors (Lipinski definition) is 2. The normalized spacial score (nSPS) is 15.2. The maximum atomic E-state index is 13.6. The summed E-state index contributed by atoms with van der Waals surface area (Å²) in [6, 6.07) is 10.3. The predicted molar refractivity (Wildman–Crippen MR) is 98.3 cm³/mol. The fourth-order valence-corrected chi connectivity index (χ4v) is 3.30. The minimum Gasteiger partial charge on any atom is -0.352 e. The van der Waals surface area contributed by atoms with Crippen LogP contribution in [0.25, 0.3) is 0 Å². The average Bonchev–Trinajstić information content (AvgIpc) is 2.72. The Morgan fingerprint density at radius 1 is 1.00 bits per heavy atom. The standard InChI is InChI=1S/C21H20F4N2O2/c22-18-4-2-1-3-16(18)13-26-19(28)14-9-11-27(12-10-14)20(29)15-5-7-17(8-6-15)21(23,24)25/h1-8,14H,9-13H2,(H,26,28). The zero-order valence-corrected chi connectivity index (χ0v) is 15.5. The van der Waals surface area contributed by atoms with Crippen LogP contribution in [0.1, 0.15) is 34.3 Å². The van der Waals surface area contributed by atoms with E-state index in [9.17, 15) is 27.2 Å². The molecule has 2 amide bonds. The highest BCUT2D eigenvalue weighted by molar-refractivity contribution is 5.94. The molecule has 0 aromatic heterocycles. The first kappa shape index (κ1) is 20.8. The smallest absolute Gasteiger partial charge is 0.352 e. The Morgan fingerprint density at radius 2 is 1.62 bits per heavy atom. The number of carbonyl (C=O) groups excluding carboxylic acids is 2. The van der Waals surface area contributed by atoms with Gasteiger partial charge in [-0.3, -0.25) is 9.59 Å². The van der Waals surface area contributed by atoms with E-state index < -0.39 is 11.7 Å². The molecule has 2 aromatic rings. The van der Waals surface area contributed by atoms with Crippen molar-refractivity contribution >= 4 is 11.8 Å².